The van der Waals surface area contributed by atoms with Gasteiger partial charge in [0.05, 0.1) is 7.11 Å². The van der Waals surface area contributed by atoms with Crippen molar-refractivity contribution in [2.45, 2.75) is 33.8 Å². The fraction of sp³-hybridized carbons (Fsp3) is 0.316. The summed E-state index contributed by atoms with van der Waals surface area (Å²) < 4.78 is 16.5. The minimum Gasteiger partial charge on any atom is -0.488 e. The van der Waals surface area contributed by atoms with Crippen molar-refractivity contribution >= 4 is 22.1 Å². The number of halogens is 1. The van der Waals surface area contributed by atoms with E-state index in [2.05, 4.69) is 40.6 Å². The Bertz CT molecular complexity index is 740. The molecule has 0 saturated carbocycles. The summed E-state index contributed by atoms with van der Waals surface area (Å²) in [6.45, 7) is 6.52. The van der Waals surface area contributed by atoms with Gasteiger partial charge in [-0.3, -0.25) is 0 Å². The average molecular weight is 393 g/mol. The molecule has 0 N–H and O–H groups in total. The second-order valence-corrected chi connectivity index (χ2v) is 6.31. The Kier molecular flexibility index (Phi) is 6.26. The molecule has 0 atom stereocenters. The zero-order chi connectivity index (χ0) is 17.7. The molecule has 0 bridgehead atoms. The van der Waals surface area contributed by atoms with E-state index in [9.17, 15) is 4.79 Å². The van der Waals surface area contributed by atoms with Gasteiger partial charge in [-0.1, -0.05) is 35.0 Å². The van der Waals surface area contributed by atoms with E-state index in [0.29, 0.717) is 5.75 Å². The van der Waals surface area contributed by atoms with Crippen LogP contribution in [0.5, 0.6) is 11.5 Å². The molecule has 0 radical (unpaired) electrons. The van der Waals surface area contributed by atoms with Gasteiger partial charge in [0.25, 0.3) is 0 Å². The molecule has 5 heteroatoms. The van der Waals surface area contributed by atoms with Gasteiger partial charge < -0.3 is 14.2 Å². The van der Waals surface area contributed by atoms with E-state index >= 15 is 0 Å². The van der Waals surface area contributed by atoms with Crippen LogP contribution < -0.4 is 9.47 Å². The lowest BCUT2D eigenvalue weighted by molar-refractivity contribution is 0.120. The van der Waals surface area contributed by atoms with Crippen molar-refractivity contribution in [3.63, 3.8) is 0 Å². The topological polar surface area (TPSA) is 44.8 Å². The quantitative estimate of drug-likeness (QED) is 0.507. The molecule has 128 valence electrons. The van der Waals surface area contributed by atoms with E-state index in [1.54, 1.807) is 12.1 Å². The van der Waals surface area contributed by atoms with Crippen molar-refractivity contribution in [2.75, 3.05) is 7.11 Å². The highest BCUT2D eigenvalue weighted by atomic mass is 79.9. The lowest BCUT2D eigenvalue weighted by Crippen LogP contribution is -2.10. The normalized spacial score (nSPS) is 10.4. The van der Waals surface area contributed by atoms with Crippen molar-refractivity contribution in [3.05, 3.63) is 57.1 Å². The maximum atomic E-state index is 11.4. The highest BCUT2D eigenvalue weighted by Gasteiger charge is 2.14. The van der Waals surface area contributed by atoms with Gasteiger partial charge in [0.15, 0.2) is 0 Å². The molecule has 2 aromatic rings. The standard InChI is InChI=1S/C19H21BrO4/c1-5-14-9-13(3)18(10-12(14)2)23-11-15-16(20)7-6-8-17(15)24-19(21)22-4/h6-10H,5,11H2,1-4H3. The molecule has 0 fully saturated rings. The lowest BCUT2D eigenvalue weighted by Gasteiger charge is -2.15. The van der Waals surface area contributed by atoms with Crippen molar-refractivity contribution < 1.29 is 19.0 Å². The van der Waals surface area contributed by atoms with Gasteiger partial charge in [-0.2, -0.15) is 0 Å². The number of ether oxygens (including phenoxy) is 3. The summed E-state index contributed by atoms with van der Waals surface area (Å²) in [5.74, 6) is 1.24. The maximum Gasteiger partial charge on any atom is 0.513 e. The Morgan fingerprint density at radius 3 is 2.54 bits per heavy atom. The fourth-order valence-corrected chi connectivity index (χ4v) is 2.90. The van der Waals surface area contributed by atoms with Crippen LogP contribution in [-0.4, -0.2) is 13.3 Å². The Balaban J connectivity index is 2.23. The van der Waals surface area contributed by atoms with Crippen LogP contribution in [0.4, 0.5) is 4.79 Å². The number of carbonyl (C=O) groups is 1. The average Bonchev–Trinajstić information content (AvgIpc) is 2.56. The predicted octanol–water partition coefficient (Wildman–Crippen LogP) is 5.35. The van der Waals surface area contributed by atoms with Gasteiger partial charge in [0.1, 0.15) is 18.1 Å². The maximum absolute atomic E-state index is 11.4. The Morgan fingerprint density at radius 2 is 1.88 bits per heavy atom. The van der Waals surface area contributed by atoms with Crippen LogP contribution in [0.1, 0.15) is 29.2 Å². The van der Waals surface area contributed by atoms with E-state index in [1.807, 2.05) is 19.1 Å². The highest BCUT2D eigenvalue weighted by molar-refractivity contribution is 9.10. The molecule has 2 rings (SSSR count). The van der Waals surface area contributed by atoms with Crippen LogP contribution in [-0.2, 0) is 17.8 Å². The molecule has 2 aromatic carbocycles. The molecule has 4 nitrogen and oxygen atoms in total. The molecule has 0 unspecified atom stereocenters. The number of rotatable bonds is 5. The molecular formula is C19H21BrO4. The summed E-state index contributed by atoms with van der Waals surface area (Å²) in [6.07, 6.45) is 0.238. The monoisotopic (exact) mass is 392 g/mol. The van der Waals surface area contributed by atoms with E-state index in [1.165, 1.54) is 18.2 Å². The largest absolute Gasteiger partial charge is 0.513 e. The first kappa shape index (κ1) is 18.3. The van der Waals surface area contributed by atoms with Crippen molar-refractivity contribution in [1.82, 2.24) is 0 Å². The molecule has 0 amide bonds. The number of benzene rings is 2. The van der Waals surface area contributed by atoms with Crippen LogP contribution in [0.2, 0.25) is 0 Å². The third-order valence-corrected chi connectivity index (χ3v) is 4.57. The van der Waals surface area contributed by atoms with Crippen LogP contribution in [0.25, 0.3) is 0 Å². The Morgan fingerprint density at radius 1 is 1.12 bits per heavy atom. The molecule has 0 aliphatic heterocycles. The van der Waals surface area contributed by atoms with Gasteiger partial charge in [-0.25, -0.2) is 4.79 Å². The SMILES string of the molecule is CCc1cc(C)c(OCc2c(Br)cccc2OC(=O)OC)cc1C. The minimum atomic E-state index is -0.756. The molecule has 0 saturated heterocycles. The summed E-state index contributed by atoms with van der Waals surface area (Å²) in [6, 6.07) is 9.57. The van der Waals surface area contributed by atoms with E-state index in [0.717, 1.165) is 27.8 Å². The second kappa shape index (κ2) is 8.20. The summed E-state index contributed by atoms with van der Waals surface area (Å²) in [4.78, 5) is 11.4. The zero-order valence-electron chi connectivity index (χ0n) is 14.3. The first-order valence-corrected chi connectivity index (χ1v) is 8.51. The molecule has 0 aliphatic rings. The van der Waals surface area contributed by atoms with Gasteiger partial charge >= 0.3 is 6.16 Å². The Labute approximate surface area is 150 Å². The van der Waals surface area contributed by atoms with Gasteiger partial charge in [0, 0.05) is 10.0 Å². The molecule has 0 spiro atoms. The van der Waals surface area contributed by atoms with Crippen molar-refractivity contribution in [1.29, 1.82) is 0 Å². The molecule has 0 aliphatic carbocycles. The van der Waals surface area contributed by atoms with E-state index in [4.69, 9.17) is 9.47 Å². The predicted molar refractivity (Wildman–Crippen MR) is 96.8 cm³/mol. The van der Waals surface area contributed by atoms with Crippen LogP contribution >= 0.6 is 15.9 Å². The minimum absolute atomic E-state index is 0.277. The number of hydrogen-bond acceptors (Lipinski definition) is 4. The molecule has 0 aromatic heterocycles. The fourth-order valence-electron chi connectivity index (χ4n) is 2.44. The first-order chi connectivity index (χ1) is 11.5. The summed E-state index contributed by atoms with van der Waals surface area (Å²) in [5.41, 5.74) is 4.35. The molecular weight excluding hydrogens is 372 g/mol. The number of carbonyl (C=O) groups excluding carboxylic acids is 1. The second-order valence-electron chi connectivity index (χ2n) is 5.46. The first-order valence-electron chi connectivity index (χ1n) is 7.72. The smallest absolute Gasteiger partial charge is 0.488 e. The molecule has 0 heterocycles. The number of hydrogen-bond donors (Lipinski definition) is 0. The van der Waals surface area contributed by atoms with Gasteiger partial charge in [-0.05, 0) is 55.2 Å². The summed E-state index contributed by atoms with van der Waals surface area (Å²) >= 11 is 3.48. The number of aryl methyl sites for hydroxylation is 3. The van der Waals surface area contributed by atoms with Crippen LogP contribution in [0, 0.1) is 13.8 Å². The van der Waals surface area contributed by atoms with Crippen LogP contribution in [0.3, 0.4) is 0 Å². The summed E-state index contributed by atoms with van der Waals surface area (Å²) in [7, 11) is 1.28. The zero-order valence-corrected chi connectivity index (χ0v) is 15.9. The lowest BCUT2D eigenvalue weighted by atomic mass is 10.0. The van der Waals surface area contributed by atoms with Crippen LogP contribution in [0.15, 0.2) is 34.8 Å². The van der Waals surface area contributed by atoms with Crippen molar-refractivity contribution in [3.8, 4) is 11.5 Å². The number of methoxy groups -OCH3 is 1. The third-order valence-electron chi connectivity index (χ3n) is 3.82. The van der Waals surface area contributed by atoms with E-state index < -0.39 is 6.16 Å². The third kappa shape index (κ3) is 4.29. The highest BCUT2D eigenvalue weighted by Crippen LogP contribution is 2.30. The molecule has 24 heavy (non-hydrogen) atoms. The van der Waals surface area contributed by atoms with Crippen molar-refractivity contribution in [2.24, 2.45) is 0 Å². The summed E-state index contributed by atoms with van der Waals surface area (Å²) in [5, 5.41) is 0. The van der Waals surface area contributed by atoms with Gasteiger partial charge in [-0.15, -0.1) is 0 Å². The van der Waals surface area contributed by atoms with E-state index in [-0.39, 0.29) is 6.61 Å². The van der Waals surface area contributed by atoms with Gasteiger partial charge in [0.2, 0.25) is 0 Å². The Hall–Kier alpha value is -2.01.